The Kier molecular flexibility index (Phi) is 5.17. The number of halogens is 3. The molecule has 1 atom stereocenters. The van der Waals surface area contributed by atoms with Gasteiger partial charge in [-0.05, 0) is 24.1 Å². The number of ether oxygens (including phenoxy) is 1. The molecular weight excluding hydrogens is 261 g/mol. The molecule has 1 aromatic carbocycles. The summed E-state index contributed by atoms with van der Waals surface area (Å²) in [6, 6.07) is 5.54. The third kappa shape index (κ3) is 5.60. The standard InChI is InChI=1S/C12H15F3N2O2/c1-19-11(18)10(17-7-12(13,14)15)6-8-3-2-4-9(16)5-8/h2-5,10,17H,6-7,16H2,1H3/t10-/m0/s1. The summed E-state index contributed by atoms with van der Waals surface area (Å²) in [7, 11) is 1.13. The van der Waals surface area contributed by atoms with Crippen LogP contribution >= 0.6 is 0 Å². The fraction of sp³-hybridized carbons (Fsp3) is 0.417. The number of methoxy groups -OCH3 is 1. The summed E-state index contributed by atoms with van der Waals surface area (Å²) in [6.45, 7) is -1.25. The predicted molar refractivity (Wildman–Crippen MR) is 64.4 cm³/mol. The van der Waals surface area contributed by atoms with Crippen molar-refractivity contribution in [3.63, 3.8) is 0 Å². The van der Waals surface area contributed by atoms with Gasteiger partial charge < -0.3 is 10.5 Å². The van der Waals surface area contributed by atoms with Crippen molar-refractivity contribution in [3.8, 4) is 0 Å². The van der Waals surface area contributed by atoms with Crippen LogP contribution < -0.4 is 11.1 Å². The predicted octanol–water partition coefficient (Wildman–Crippen LogP) is 1.50. The maximum absolute atomic E-state index is 12.2. The molecule has 0 aliphatic rings. The minimum Gasteiger partial charge on any atom is -0.468 e. The lowest BCUT2D eigenvalue weighted by atomic mass is 10.1. The van der Waals surface area contributed by atoms with Crippen LogP contribution in [-0.4, -0.2) is 31.8 Å². The van der Waals surface area contributed by atoms with Crippen molar-refractivity contribution in [2.75, 3.05) is 19.4 Å². The average Bonchev–Trinajstić information content (AvgIpc) is 2.32. The van der Waals surface area contributed by atoms with Crippen LogP contribution in [0.15, 0.2) is 24.3 Å². The lowest BCUT2D eigenvalue weighted by Crippen LogP contribution is -2.44. The van der Waals surface area contributed by atoms with Gasteiger partial charge in [0.2, 0.25) is 0 Å². The van der Waals surface area contributed by atoms with Crippen LogP contribution in [0.4, 0.5) is 18.9 Å². The molecule has 0 spiro atoms. The monoisotopic (exact) mass is 276 g/mol. The second-order valence-electron chi connectivity index (χ2n) is 4.02. The molecule has 0 saturated carbocycles. The number of rotatable bonds is 5. The van der Waals surface area contributed by atoms with E-state index in [1.165, 1.54) is 0 Å². The van der Waals surface area contributed by atoms with Crippen LogP contribution in [0.2, 0.25) is 0 Å². The zero-order chi connectivity index (χ0) is 14.5. The molecule has 3 N–H and O–H groups in total. The third-order valence-electron chi connectivity index (χ3n) is 2.43. The minimum absolute atomic E-state index is 0.0772. The third-order valence-corrected chi connectivity index (χ3v) is 2.43. The summed E-state index contributed by atoms with van der Waals surface area (Å²) in [4.78, 5) is 11.4. The molecule has 1 rings (SSSR count). The summed E-state index contributed by atoms with van der Waals surface area (Å²) in [6.07, 6.45) is -4.31. The van der Waals surface area contributed by atoms with Gasteiger partial charge >= 0.3 is 12.1 Å². The number of alkyl halides is 3. The number of anilines is 1. The Labute approximate surface area is 108 Å². The van der Waals surface area contributed by atoms with Crippen molar-refractivity contribution in [2.24, 2.45) is 0 Å². The summed E-state index contributed by atoms with van der Waals surface area (Å²) in [5, 5.41) is 2.14. The number of nitrogens with two attached hydrogens (primary N) is 1. The Morgan fingerprint density at radius 3 is 2.68 bits per heavy atom. The highest BCUT2D eigenvalue weighted by Crippen LogP contribution is 2.14. The van der Waals surface area contributed by atoms with Gasteiger partial charge in [-0.2, -0.15) is 13.2 Å². The molecule has 106 valence electrons. The number of nitrogen functional groups attached to an aromatic ring is 1. The molecule has 0 saturated heterocycles. The van der Waals surface area contributed by atoms with E-state index in [2.05, 4.69) is 10.1 Å². The number of esters is 1. The molecule has 0 fully saturated rings. The summed E-state index contributed by atoms with van der Waals surface area (Å²) in [5.41, 5.74) is 6.71. The highest BCUT2D eigenvalue weighted by Gasteiger charge is 2.30. The summed E-state index contributed by atoms with van der Waals surface area (Å²) in [5.74, 6) is -0.744. The number of hydrogen-bond donors (Lipinski definition) is 2. The van der Waals surface area contributed by atoms with Crippen LogP contribution in [0.5, 0.6) is 0 Å². The van der Waals surface area contributed by atoms with Crippen molar-refractivity contribution in [2.45, 2.75) is 18.6 Å². The van der Waals surface area contributed by atoms with Crippen molar-refractivity contribution in [3.05, 3.63) is 29.8 Å². The fourth-order valence-corrected chi connectivity index (χ4v) is 1.58. The number of nitrogens with one attached hydrogen (secondary N) is 1. The lowest BCUT2D eigenvalue weighted by Gasteiger charge is -2.17. The van der Waals surface area contributed by atoms with E-state index in [-0.39, 0.29) is 6.42 Å². The zero-order valence-corrected chi connectivity index (χ0v) is 10.3. The van der Waals surface area contributed by atoms with Crippen molar-refractivity contribution >= 4 is 11.7 Å². The van der Waals surface area contributed by atoms with E-state index in [9.17, 15) is 18.0 Å². The van der Waals surface area contributed by atoms with Crippen LogP contribution in [0, 0.1) is 0 Å². The van der Waals surface area contributed by atoms with Gasteiger partial charge in [-0.15, -0.1) is 0 Å². The van der Waals surface area contributed by atoms with Crippen LogP contribution in [0.25, 0.3) is 0 Å². The molecule has 1 aromatic rings. The maximum atomic E-state index is 12.2. The van der Waals surface area contributed by atoms with E-state index in [4.69, 9.17) is 5.73 Å². The van der Waals surface area contributed by atoms with Gasteiger partial charge in [0.15, 0.2) is 0 Å². The van der Waals surface area contributed by atoms with E-state index >= 15 is 0 Å². The van der Waals surface area contributed by atoms with Gasteiger partial charge in [0.1, 0.15) is 6.04 Å². The lowest BCUT2D eigenvalue weighted by molar-refractivity contribution is -0.146. The molecular formula is C12H15F3N2O2. The largest absolute Gasteiger partial charge is 0.468 e. The minimum atomic E-state index is -4.39. The average molecular weight is 276 g/mol. The molecule has 0 aliphatic heterocycles. The van der Waals surface area contributed by atoms with Gasteiger partial charge in [0.05, 0.1) is 13.7 Å². The van der Waals surface area contributed by atoms with E-state index < -0.39 is 24.7 Å². The zero-order valence-electron chi connectivity index (χ0n) is 10.3. The van der Waals surface area contributed by atoms with Gasteiger partial charge in [-0.3, -0.25) is 10.1 Å². The first-order valence-electron chi connectivity index (χ1n) is 5.54. The normalized spacial score (nSPS) is 13.1. The smallest absolute Gasteiger partial charge is 0.401 e. The molecule has 7 heteroatoms. The number of hydrogen-bond acceptors (Lipinski definition) is 4. The van der Waals surface area contributed by atoms with E-state index in [0.717, 1.165) is 7.11 Å². The Morgan fingerprint density at radius 2 is 2.16 bits per heavy atom. The van der Waals surface area contributed by atoms with Crippen LogP contribution in [0.3, 0.4) is 0 Å². The molecule has 0 amide bonds. The van der Waals surface area contributed by atoms with E-state index in [1.807, 2.05) is 0 Å². The van der Waals surface area contributed by atoms with Crippen LogP contribution in [-0.2, 0) is 16.0 Å². The second kappa shape index (κ2) is 6.42. The Morgan fingerprint density at radius 1 is 1.47 bits per heavy atom. The molecule has 19 heavy (non-hydrogen) atoms. The molecule has 0 aromatic heterocycles. The first-order chi connectivity index (χ1) is 8.81. The van der Waals surface area contributed by atoms with Crippen molar-refractivity contribution in [1.29, 1.82) is 0 Å². The summed E-state index contributed by atoms with van der Waals surface area (Å²) >= 11 is 0. The van der Waals surface area contributed by atoms with Crippen molar-refractivity contribution in [1.82, 2.24) is 5.32 Å². The topological polar surface area (TPSA) is 64.3 Å². The van der Waals surface area contributed by atoms with Gasteiger partial charge in [-0.25, -0.2) is 0 Å². The number of benzene rings is 1. The molecule has 0 unspecified atom stereocenters. The first kappa shape index (κ1) is 15.3. The molecule has 0 bridgehead atoms. The molecule has 4 nitrogen and oxygen atoms in total. The molecule has 0 radical (unpaired) electrons. The van der Waals surface area contributed by atoms with Gasteiger partial charge in [0.25, 0.3) is 0 Å². The fourth-order valence-electron chi connectivity index (χ4n) is 1.58. The molecule has 0 aliphatic carbocycles. The van der Waals surface area contributed by atoms with Gasteiger partial charge in [-0.1, -0.05) is 12.1 Å². The SMILES string of the molecule is COC(=O)[C@H](Cc1cccc(N)c1)NCC(F)(F)F. The molecule has 0 heterocycles. The Hall–Kier alpha value is -1.76. The quantitative estimate of drug-likeness (QED) is 0.632. The Bertz CT molecular complexity index is 435. The number of carbonyl (C=O) groups excluding carboxylic acids is 1. The van der Waals surface area contributed by atoms with E-state index in [1.54, 1.807) is 24.3 Å². The summed E-state index contributed by atoms with van der Waals surface area (Å²) < 4.78 is 40.9. The number of carbonyl (C=O) groups is 1. The Balaban J connectivity index is 2.72. The van der Waals surface area contributed by atoms with Crippen LogP contribution in [0.1, 0.15) is 5.56 Å². The van der Waals surface area contributed by atoms with Crippen molar-refractivity contribution < 1.29 is 22.7 Å². The first-order valence-corrected chi connectivity index (χ1v) is 5.54. The highest BCUT2D eigenvalue weighted by atomic mass is 19.4. The van der Waals surface area contributed by atoms with Gasteiger partial charge in [0, 0.05) is 5.69 Å². The second-order valence-corrected chi connectivity index (χ2v) is 4.02. The maximum Gasteiger partial charge on any atom is 0.401 e. The highest BCUT2D eigenvalue weighted by molar-refractivity contribution is 5.76. The van der Waals surface area contributed by atoms with E-state index in [0.29, 0.717) is 11.3 Å².